The van der Waals surface area contributed by atoms with Crippen LogP contribution >= 0.6 is 0 Å². The molecule has 6 aliphatic rings. The van der Waals surface area contributed by atoms with E-state index in [0.29, 0.717) is 0 Å². The molecule has 1 spiro atoms. The summed E-state index contributed by atoms with van der Waals surface area (Å²) < 4.78 is 5.27. The molecule has 0 amide bonds. The minimum Gasteiger partial charge on any atom is -0.469 e. The van der Waals surface area contributed by atoms with Crippen molar-refractivity contribution in [3.8, 4) is 0 Å². The number of piperidine rings is 2. The smallest absolute Gasteiger partial charge is 0.310 e. The first-order valence-electron chi connectivity index (χ1n) is 9.20. The second-order valence-corrected chi connectivity index (χ2v) is 7.86. The van der Waals surface area contributed by atoms with Crippen molar-refractivity contribution in [2.75, 3.05) is 7.11 Å². The Labute approximate surface area is 151 Å². The molecular weight excluding hydrogens is 332 g/mol. The number of methoxy groups -OCH3 is 1. The summed E-state index contributed by atoms with van der Waals surface area (Å²) in [6, 6.07) is 8.00. The maximum Gasteiger partial charge on any atom is 0.310 e. The minimum atomic E-state index is -0.956. The number of aliphatic imine (C=N–C) groups is 1. The highest BCUT2D eigenvalue weighted by Gasteiger charge is 2.78. The summed E-state index contributed by atoms with van der Waals surface area (Å²) in [6.45, 7) is 2.01. The van der Waals surface area contributed by atoms with Crippen LogP contribution in [0.5, 0.6) is 0 Å². The van der Waals surface area contributed by atoms with Gasteiger partial charge >= 0.3 is 5.97 Å². The molecule has 1 aromatic rings. The monoisotopic (exact) mass is 352 g/mol. The van der Waals surface area contributed by atoms with Gasteiger partial charge in [-0.1, -0.05) is 29.8 Å². The zero-order valence-corrected chi connectivity index (χ0v) is 14.6. The zero-order valence-electron chi connectivity index (χ0n) is 14.6. The molecule has 6 heteroatoms. The molecule has 4 heterocycles. The lowest BCUT2D eigenvalue weighted by atomic mass is 9.43. The SMILES string of the molecule is C/C=C1/C2C3[C@@H](O)ON2[C@@H]2C[C@@H]1[C@@H](C(=O)OC)C31C2=Nc2ccccc21. The summed E-state index contributed by atoms with van der Waals surface area (Å²) >= 11 is 0. The van der Waals surface area contributed by atoms with Crippen LogP contribution in [0, 0.1) is 17.8 Å². The number of nitrogens with zero attached hydrogens (tertiary/aromatic N) is 2. The summed E-state index contributed by atoms with van der Waals surface area (Å²) in [4.78, 5) is 23.9. The van der Waals surface area contributed by atoms with Gasteiger partial charge in [0.15, 0.2) is 6.29 Å². The highest BCUT2D eigenvalue weighted by atomic mass is 16.8. The standard InChI is InChI=1S/C20H20N2O4/c1-3-9-10-8-13-17-20(14(10)18(23)25-2,11-6-4-5-7-12(11)21-17)15-16(9)22(13)26-19(15)24/h3-7,10,13-16,19,24H,8H2,1-2H3/b9-3+/t10-,13+,14-,15?,16?,19-,20?/m0/s1. The van der Waals surface area contributed by atoms with Crippen molar-refractivity contribution in [1.82, 2.24) is 5.06 Å². The van der Waals surface area contributed by atoms with Crippen molar-refractivity contribution >= 4 is 17.4 Å². The summed E-state index contributed by atoms with van der Waals surface area (Å²) in [5.74, 6) is -0.762. The first-order valence-corrected chi connectivity index (χ1v) is 9.20. The van der Waals surface area contributed by atoms with Crippen molar-refractivity contribution < 1.29 is 19.5 Å². The molecule has 134 valence electrons. The highest BCUT2D eigenvalue weighted by molar-refractivity contribution is 6.10. The number of rotatable bonds is 1. The van der Waals surface area contributed by atoms with Crippen LogP contribution in [0.15, 0.2) is 40.9 Å². The van der Waals surface area contributed by atoms with Crippen LogP contribution in [0.2, 0.25) is 0 Å². The Balaban J connectivity index is 1.71. The molecule has 8 atom stereocenters. The lowest BCUT2D eigenvalue weighted by Crippen LogP contribution is -2.74. The van der Waals surface area contributed by atoms with E-state index in [0.717, 1.165) is 23.4 Å². The van der Waals surface area contributed by atoms with Gasteiger partial charge in [-0.25, -0.2) is 0 Å². The topological polar surface area (TPSA) is 71.4 Å². The first kappa shape index (κ1) is 15.1. The van der Waals surface area contributed by atoms with Gasteiger partial charge in [0.25, 0.3) is 0 Å². The van der Waals surface area contributed by atoms with Gasteiger partial charge in [0.05, 0.1) is 41.9 Å². The van der Waals surface area contributed by atoms with E-state index in [-0.39, 0.29) is 35.8 Å². The number of aliphatic hydroxyl groups excluding tert-OH is 1. The largest absolute Gasteiger partial charge is 0.469 e. The number of hydrogen-bond acceptors (Lipinski definition) is 6. The van der Waals surface area contributed by atoms with Crippen LogP contribution in [-0.4, -0.2) is 47.3 Å². The molecule has 3 saturated heterocycles. The molecule has 1 N–H and O–H groups in total. The van der Waals surface area contributed by atoms with E-state index < -0.39 is 11.7 Å². The highest BCUT2D eigenvalue weighted by Crippen LogP contribution is 2.69. The van der Waals surface area contributed by atoms with Crippen LogP contribution in [0.3, 0.4) is 0 Å². The molecule has 6 bridgehead atoms. The van der Waals surface area contributed by atoms with E-state index in [1.54, 1.807) is 0 Å². The number of aliphatic hydroxyl groups is 1. The zero-order chi connectivity index (χ0) is 17.8. The van der Waals surface area contributed by atoms with Crippen LogP contribution in [-0.2, 0) is 19.8 Å². The number of carbonyl (C=O) groups is 1. The van der Waals surface area contributed by atoms with Crippen molar-refractivity contribution in [2.45, 2.75) is 37.1 Å². The molecule has 2 aliphatic carbocycles. The molecule has 6 nitrogen and oxygen atoms in total. The maximum atomic E-state index is 13.1. The van der Waals surface area contributed by atoms with E-state index in [1.165, 1.54) is 12.7 Å². The Morgan fingerprint density at radius 3 is 3.04 bits per heavy atom. The first-order chi connectivity index (χ1) is 12.6. The second kappa shape index (κ2) is 4.63. The third-order valence-corrected chi connectivity index (χ3v) is 7.24. The Morgan fingerprint density at radius 1 is 1.46 bits per heavy atom. The van der Waals surface area contributed by atoms with Gasteiger partial charge in [-0.05, 0) is 30.9 Å². The summed E-state index contributed by atoms with van der Waals surface area (Å²) in [7, 11) is 1.45. The van der Waals surface area contributed by atoms with E-state index in [4.69, 9.17) is 14.6 Å². The number of hydroxylamine groups is 2. The van der Waals surface area contributed by atoms with Crippen LogP contribution < -0.4 is 0 Å². The van der Waals surface area contributed by atoms with Gasteiger partial charge in [0.2, 0.25) is 0 Å². The Hall–Kier alpha value is -2.02. The molecule has 4 aliphatic heterocycles. The van der Waals surface area contributed by atoms with E-state index in [9.17, 15) is 9.90 Å². The molecule has 2 saturated carbocycles. The van der Waals surface area contributed by atoms with E-state index in [2.05, 4.69) is 12.1 Å². The predicted octanol–water partition coefficient (Wildman–Crippen LogP) is 1.71. The second-order valence-electron chi connectivity index (χ2n) is 7.86. The third-order valence-electron chi connectivity index (χ3n) is 7.24. The molecule has 5 fully saturated rings. The molecule has 4 unspecified atom stereocenters. The maximum absolute atomic E-state index is 13.1. The lowest BCUT2D eigenvalue weighted by Gasteiger charge is -2.63. The number of ether oxygens (including phenoxy) is 1. The van der Waals surface area contributed by atoms with Crippen molar-refractivity contribution in [3.63, 3.8) is 0 Å². The molecule has 0 radical (unpaired) electrons. The van der Waals surface area contributed by atoms with Crippen molar-refractivity contribution in [3.05, 3.63) is 41.5 Å². The predicted molar refractivity (Wildman–Crippen MR) is 92.6 cm³/mol. The number of esters is 1. The van der Waals surface area contributed by atoms with Crippen LogP contribution in [0.1, 0.15) is 18.9 Å². The number of carbonyl (C=O) groups excluding carboxylic acids is 1. The van der Waals surface area contributed by atoms with Crippen molar-refractivity contribution in [1.29, 1.82) is 0 Å². The fourth-order valence-electron chi connectivity index (χ4n) is 6.62. The van der Waals surface area contributed by atoms with Crippen LogP contribution in [0.25, 0.3) is 0 Å². The van der Waals surface area contributed by atoms with E-state index in [1.807, 2.05) is 30.2 Å². The lowest BCUT2D eigenvalue weighted by molar-refractivity contribution is -0.234. The number of fused-ring (bicyclic) bond motifs is 1. The summed E-state index contributed by atoms with van der Waals surface area (Å²) in [6.07, 6.45) is 1.91. The molecule has 0 aromatic heterocycles. The van der Waals surface area contributed by atoms with Gasteiger partial charge in [0, 0.05) is 5.92 Å². The van der Waals surface area contributed by atoms with Gasteiger partial charge in [0.1, 0.15) is 0 Å². The average Bonchev–Trinajstić information content (AvgIpc) is 3.16. The quantitative estimate of drug-likeness (QED) is 0.615. The Kier molecular flexibility index (Phi) is 2.68. The van der Waals surface area contributed by atoms with Gasteiger partial charge < -0.3 is 9.84 Å². The fraction of sp³-hybridized carbons (Fsp3) is 0.500. The summed E-state index contributed by atoms with van der Waals surface area (Å²) in [5.41, 5.74) is 3.46. The summed E-state index contributed by atoms with van der Waals surface area (Å²) in [5, 5.41) is 12.8. The number of allylic oxidation sites excluding steroid dienone is 1. The Bertz CT molecular complexity index is 909. The van der Waals surface area contributed by atoms with Crippen molar-refractivity contribution in [2.24, 2.45) is 22.7 Å². The molecule has 26 heavy (non-hydrogen) atoms. The minimum absolute atomic E-state index is 0.00425. The average molecular weight is 352 g/mol. The number of hydrogen-bond donors (Lipinski definition) is 1. The van der Waals surface area contributed by atoms with Gasteiger partial charge in [-0.15, -0.1) is 0 Å². The van der Waals surface area contributed by atoms with Gasteiger partial charge in [-0.3, -0.25) is 14.6 Å². The normalized spacial score (nSPS) is 47.7. The van der Waals surface area contributed by atoms with Gasteiger partial charge in [-0.2, -0.15) is 5.06 Å². The Morgan fingerprint density at radius 2 is 2.27 bits per heavy atom. The van der Waals surface area contributed by atoms with Crippen LogP contribution in [0.4, 0.5) is 5.69 Å². The number of benzene rings is 1. The molecular formula is C20H20N2O4. The van der Waals surface area contributed by atoms with E-state index >= 15 is 0 Å². The molecule has 7 rings (SSSR count). The fourth-order valence-corrected chi connectivity index (χ4v) is 6.62. The molecule has 1 aromatic carbocycles. The third kappa shape index (κ3) is 1.34. The number of para-hydroxylation sites is 1.